The zero-order chi connectivity index (χ0) is 9.19. The second kappa shape index (κ2) is 3.75. The van der Waals surface area contributed by atoms with Crippen LogP contribution in [0.25, 0.3) is 0 Å². The molecule has 0 radical (unpaired) electrons. The molecule has 0 aliphatic heterocycles. The van der Waals surface area contributed by atoms with Gasteiger partial charge in [0.2, 0.25) is 0 Å². The number of rotatable bonds is 3. The molecule has 3 atom stereocenters. The van der Waals surface area contributed by atoms with Crippen molar-refractivity contribution in [2.45, 2.75) is 45.6 Å². The highest BCUT2D eigenvalue weighted by Gasteiger charge is 2.36. The molecule has 0 heterocycles. The topological polar surface area (TPSA) is 46.2 Å². The van der Waals surface area contributed by atoms with Crippen LogP contribution in [0.3, 0.4) is 0 Å². The first-order valence-electron chi connectivity index (χ1n) is 4.96. The number of nitrogens with two attached hydrogens (primary N) is 1. The molecule has 0 aromatic heterocycles. The van der Waals surface area contributed by atoms with Crippen LogP contribution in [0.4, 0.5) is 0 Å². The molecule has 2 heteroatoms. The lowest BCUT2D eigenvalue weighted by atomic mass is 9.80. The van der Waals surface area contributed by atoms with Crippen molar-refractivity contribution >= 4 is 0 Å². The molecule has 1 rings (SSSR count). The van der Waals surface area contributed by atoms with Gasteiger partial charge in [-0.1, -0.05) is 13.3 Å². The minimum absolute atomic E-state index is 0.196. The predicted octanol–water partition coefficient (Wildman–Crippen LogP) is 1.52. The summed E-state index contributed by atoms with van der Waals surface area (Å²) in [7, 11) is 0. The average molecular weight is 171 g/mol. The monoisotopic (exact) mass is 171 g/mol. The van der Waals surface area contributed by atoms with E-state index in [1.807, 2.05) is 6.92 Å². The van der Waals surface area contributed by atoms with Crippen molar-refractivity contribution in [3.8, 4) is 0 Å². The summed E-state index contributed by atoms with van der Waals surface area (Å²) in [5, 5.41) is 9.34. The van der Waals surface area contributed by atoms with Crippen LogP contribution in [-0.2, 0) is 0 Å². The van der Waals surface area contributed by atoms with E-state index < -0.39 is 0 Å². The summed E-state index contributed by atoms with van der Waals surface area (Å²) in [5.41, 5.74) is 6.03. The van der Waals surface area contributed by atoms with Gasteiger partial charge in [-0.15, -0.1) is 0 Å². The van der Waals surface area contributed by atoms with E-state index in [1.165, 1.54) is 19.3 Å². The van der Waals surface area contributed by atoms with E-state index in [0.717, 1.165) is 18.9 Å². The Kier molecular flexibility index (Phi) is 3.13. The van der Waals surface area contributed by atoms with Gasteiger partial charge in [0.05, 0.1) is 6.10 Å². The summed E-state index contributed by atoms with van der Waals surface area (Å²) in [4.78, 5) is 0. The molecule has 1 fully saturated rings. The minimum Gasteiger partial charge on any atom is -0.393 e. The normalized spacial score (nSPS) is 38.5. The molecule has 2 nitrogen and oxygen atoms in total. The molecule has 0 aromatic carbocycles. The van der Waals surface area contributed by atoms with Gasteiger partial charge < -0.3 is 10.8 Å². The quantitative estimate of drug-likeness (QED) is 0.676. The van der Waals surface area contributed by atoms with E-state index in [0.29, 0.717) is 0 Å². The second-order valence-corrected chi connectivity index (χ2v) is 4.61. The first kappa shape index (κ1) is 10.0. The Hall–Kier alpha value is -0.0800. The van der Waals surface area contributed by atoms with Crippen molar-refractivity contribution in [2.24, 2.45) is 17.1 Å². The molecule has 3 unspecified atom stereocenters. The third kappa shape index (κ3) is 2.20. The van der Waals surface area contributed by atoms with Crippen molar-refractivity contribution in [3.63, 3.8) is 0 Å². The zero-order valence-corrected chi connectivity index (χ0v) is 8.21. The van der Waals surface area contributed by atoms with Crippen LogP contribution in [0.5, 0.6) is 0 Å². The van der Waals surface area contributed by atoms with Crippen molar-refractivity contribution in [3.05, 3.63) is 0 Å². The first-order chi connectivity index (χ1) is 5.58. The fourth-order valence-electron chi connectivity index (χ4n) is 2.58. The van der Waals surface area contributed by atoms with Crippen molar-refractivity contribution in [2.75, 3.05) is 6.54 Å². The molecular weight excluding hydrogens is 150 g/mol. The molecule has 0 amide bonds. The molecule has 1 aliphatic carbocycles. The van der Waals surface area contributed by atoms with Crippen LogP contribution < -0.4 is 5.73 Å². The highest BCUT2D eigenvalue weighted by atomic mass is 16.3. The first-order valence-corrected chi connectivity index (χ1v) is 4.96. The maximum Gasteiger partial charge on any atom is 0.0517 e. The Labute approximate surface area is 75.2 Å². The van der Waals surface area contributed by atoms with E-state index in [2.05, 4.69) is 6.92 Å². The van der Waals surface area contributed by atoms with E-state index >= 15 is 0 Å². The predicted molar refractivity (Wildman–Crippen MR) is 50.8 cm³/mol. The largest absolute Gasteiger partial charge is 0.393 e. The van der Waals surface area contributed by atoms with Crippen LogP contribution in [-0.4, -0.2) is 17.8 Å². The van der Waals surface area contributed by atoms with Gasteiger partial charge in [-0.3, -0.25) is 0 Å². The van der Waals surface area contributed by atoms with Crippen LogP contribution in [0.1, 0.15) is 39.5 Å². The molecule has 3 N–H and O–H groups in total. The van der Waals surface area contributed by atoms with Gasteiger partial charge in [-0.05, 0) is 44.1 Å². The van der Waals surface area contributed by atoms with Crippen molar-refractivity contribution < 1.29 is 5.11 Å². The van der Waals surface area contributed by atoms with Gasteiger partial charge in [0.1, 0.15) is 0 Å². The Morgan fingerprint density at radius 3 is 2.67 bits per heavy atom. The SMILES string of the molecule is CC(O)CC1(CN)CCC(C)C1. The fraction of sp³-hybridized carbons (Fsp3) is 1.00. The van der Waals surface area contributed by atoms with Gasteiger partial charge >= 0.3 is 0 Å². The third-order valence-electron chi connectivity index (χ3n) is 3.11. The molecule has 0 spiro atoms. The highest BCUT2D eigenvalue weighted by molar-refractivity contribution is 4.89. The van der Waals surface area contributed by atoms with Gasteiger partial charge in [0.15, 0.2) is 0 Å². The molecule has 0 saturated heterocycles. The van der Waals surface area contributed by atoms with Crippen molar-refractivity contribution in [1.82, 2.24) is 0 Å². The minimum atomic E-state index is -0.196. The van der Waals surface area contributed by atoms with Gasteiger partial charge in [-0.25, -0.2) is 0 Å². The van der Waals surface area contributed by atoms with Crippen molar-refractivity contribution in [1.29, 1.82) is 0 Å². The molecule has 0 bridgehead atoms. The Bertz CT molecular complexity index is 147. The fourth-order valence-corrected chi connectivity index (χ4v) is 2.58. The lowest BCUT2D eigenvalue weighted by Crippen LogP contribution is -2.31. The van der Waals surface area contributed by atoms with Gasteiger partial charge in [-0.2, -0.15) is 0 Å². The zero-order valence-electron chi connectivity index (χ0n) is 8.21. The Balaban J connectivity index is 2.52. The number of aliphatic hydroxyl groups is 1. The maximum atomic E-state index is 9.34. The maximum absolute atomic E-state index is 9.34. The summed E-state index contributed by atoms with van der Waals surface area (Å²) in [6.45, 7) is 4.88. The summed E-state index contributed by atoms with van der Waals surface area (Å²) in [6.07, 6.45) is 4.38. The van der Waals surface area contributed by atoms with E-state index in [1.54, 1.807) is 0 Å². The van der Waals surface area contributed by atoms with Gasteiger partial charge in [0, 0.05) is 0 Å². The summed E-state index contributed by atoms with van der Waals surface area (Å²) >= 11 is 0. The molecule has 1 aliphatic rings. The number of hydrogen-bond acceptors (Lipinski definition) is 2. The van der Waals surface area contributed by atoms with Gasteiger partial charge in [0.25, 0.3) is 0 Å². The van der Waals surface area contributed by atoms with E-state index in [4.69, 9.17) is 5.73 Å². The van der Waals surface area contributed by atoms with Crippen LogP contribution >= 0.6 is 0 Å². The summed E-state index contributed by atoms with van der Waals surface area (Å²) < 4.78 is 0. The Morgan fingerprint density at radius 1 is 1.67 bits per heavy atom. The summed E-state index contributed by atoms with van der Waals surface area (Å²) in [6, 6.07) is 0. The molecule has 0 aromatic rings. The average Bonchev–Trinajstić information content (AvgIpc) is 2.32. The lowest BCUT2D eigenvalue weighted by molar-refractivity contribution is 0.115. The van der Waals surface area contributed by atoms with E-state index in [-0.39, 0.29) is 11.5 Å². The van der Waals surface area contributed by atoms with Crippen LogP contribution in [0.15, 0.2) is 0 Å². The van der Waals surface area contributed by atoms with Crippen LogP contribution in [0.2, 0.25) is 0 Å². The molecule has 12 heavy (non-hydrogen) atoms. The third-order valence-corrected chi connectivity index (χ3v) is 3.11. The summed E-state index contributed by atoms with van der Waals surface area (Å²) in [5.74, 6) is 0.798. The molecular formula is C10H21NO. The number of aliphatic hydroxyl groups excluding tert-OH is 1. The Morgan fingerprint density at radius 2 is 2.33 bits per heavy atom. The highest BCUT2D eigenvalue weighted by Crippen LogP contribution is 2.44. The number of hydrogen-bond donors (Lipinski definition) is 2. The lowest BCUT2D eigenvalue weighted by Gasteiger charge is -2.28. The van der Waals surface area contributed by atoms with E-state index in [9.17, 15) is 5.11 Å². The smallest absolute Gasteiger partial charge is 0.0517 e. The second-order valence-electron chi connectivity index (χ2n) is 4.61. The molecule has 72 valence electrons. The van der Waals surface area contributed by atoms with Crippen LogP contribution in [0, 0.1) is 11.3 Å². The molecule has 1 saturated carbocycles. The standard InChI is InChI=1S/C10H21NO/c1-8-3-4-10(5-8,7-11)6-9(2)12/h8-9,12H,3-7,11H2,1-2H3.